The molecule has 0 aromatic carbocycles. The van der Waals surface area contributed by atoms with E-state index in [-0.39, 0.29) is 4.24 Å². The predicted molar refractivity (Wildman–Crippen MR) is 63.6 cm³/mol. The Kier molecular flexibility index (Phi) is 4.52. The van der Waals surface area contributed by atoms with Crippen LogP contribution in [0.4, 0.5) is 0 Å². The molecular weight excluding hydrogens is 232 g/mol. The Morgan fingerprint density at radius 3 is 2.20 bits per heavy atom. The maximum Gasteiger partial charge on any atom is 0.183 e. The minimum absolute atomic E-state index is 0.106. The molecule has 0 radical (unpaired) electrons. The topological polar surface area (TPSA) is 51.2 Å². The summed E-state index contributed by atoms with van der Waals surface area (Å²) >= 11 is 0. The lowest BCUT2D eigenvalue weighted by atomic mass is 9.90. The monoisotopic (exact) mass is 250 g/mol. The zero-order valence-electron chi connectivity index (χ0n) is 9.23. The third-order valence-electron chi connectivity index (χ3n) is 2.67. The minimum Gasteiger partial charge on any atom is -0.254 e. The maximum atomic E-state index is 11.4. The summed E-state index contributed by atoms with van der Waals surface area (Å²) in [7, 11) is -4.70. The summed E-state index contributed by atoms with van der Waals surface area (Å²) in [6, 6.07) is 0. The van der Waals surface area contributed by atoms with E-state index in [0.29, 0.717) is 5.92 Å². The second-order valence-electron chi connectivity index (χ2n) is 4.11. The van der Waals surface area contributed by atoms with E-state index in [1.807, 2.05) is 0 Å². The van der Waals surface area contributed by atoms with Gasteiger partial charge in [0.1, 0.15) is 4.24 Å². The second kappa shape index (κ2) is 5.25. The molecule has 3 nitrogen and oxygen atoms in total. The number of allylic oxidation sites excluding steroid dienone is 1. The van der Waals surface area contributed by atoms with Crippen LogP contribution in [0.25, 0.3) is 0 Å². The Balaban J connectivity index is 2.88. The van der Waals surface area contributed by atoms with Crippen molar-refractivity contribution < 1.29 is 12.6 Å². The van der Waals surface area contributed by atoms with Crippen LogP contribution in [0.5, 0.6) is 0 Å². The van der Waals surface area contributed by atoms with E-state index in [0.717, 1.165) is 31.9 Å². The largest absolute Gasteiger partial charge is 0.254 e. The van der Waals surface area contributed by atoms with E-state index in [1.54, 1.807) is 6.08 Å². The average molecular weight is 250 g/mol. The molecule has 1 aliphatic rings. The summed E-state index contributed by atoms with van der Waals surface area (Å²) < 4.78 is 34.2. The van der Waals surface area contributed by atoms with Gasteiger partial charge < -0.3 is 0 Å². The molecule has 0 heterocycles. The molecule has 1 atom stereocenters. The van der Waals surface area contributed by atoms with Crippen molar-refractivity contribution in [1.82, 2.24) is 0 Å². The highest BCUT2D eigenvalue weighted by molar-refractivity contribution is 8.11. The molecule has 1 unspecified atom stereocenters. The molecule has 1 fully saturated rings. The van der Waals surface area contributed by atoms with Crippen molar-refractivity contribution in [2.24, 2.45) is 5.92 Å². The molecule has 1 saturated carbocycles. The van der Waals surface area contributed by atoms with Crippen molar-refractivity contribution in [3.63, 3.8) is 0 Å². The van der Waals surface area contributed by atoms with Crippen LogP contribution < -0.4 is 0 Å². The molecule has 1 rings (SSSR count). The highest BCUT2D eigenvalue weighted by Crippen LogP contribution is 2.27. The van der Waals surface area contributed by atoms with Gasteiger partial charge in [0.05, 0.1) is 10.8 Å². The molecule has 0 aliphatic heterocycles. The Morgan fingerprint density at radius 1 is 1.27 bits per heavy atom. The van der Waals surface area contributed by atoms with Gasteiger partial charge in [0.25, 0.3) is 0 Å². The van der Waals surface area contributed by atoms with E-state index in [4.69, 9.17) is 0 Å². The Bertz CT molecular complexity index is 362. The summed E-state index contributed by atoms with van der Waals surface area (Å²) in [6.07, 6.45) is 9.84. The van der Waals surface area contributed by atoms with Gasteiger partial charge in [0, 0.05) is 12.5 Å². The molecule has 15 heavy (non-hydrogen) atoms. The number of hydrogen-bond acceptors (Lipinski definition) is 3. The average Bonchev–Trinajstić information content (AvgIpc) is 2.13. The molecule has 0 saturated heterocycles. The van der Waals surface area contributed by atoms with Gasteiger partial charge >= 0.3 is 0 Å². The summed E-state index contributed by atoms with van der Waals surface area (Å²) in [5.74, 6) is 0.298. The van der Waals surface area contributed by atoms with Crippen molar-refractivity contribution in [3.8, 4) is 0 Å². The van der Waals surface area contributed by atoms with Crippen LogP contribution >= 0.6 is 0 Å². The first-order chi connectivity index (χ1) is 6.91. The van der Waals surface area contributed by atoms with Crippen LogP contribution in [0.3, 0.4) is 0 Å². The Hall–Kier alpha value is -0.160. The highest BCUT2D eigenvalue weighted by atomic mass is 32.3. The molecule has 88 valence electrons. The zero-order valence-corrected chi connectivity index (χ0v) is 10.9. The molecule has 0 N–H and O–H groups in total. The Morgan fingerprint density at radius 2 is 1.80 bits per heavy atom. The fourth-order valence-electron chi connectivity index (χ4n) is 1.93. The smallest absolute Gasteiger partial charge is 0.183 e. The molecular formula is C10H18O3S2. The maximum absolute atomic E-state index is 11.4. The first-order valence-corrected chi connectivity index (χ1v) is 8.61. The number of hydrogen-bond donors (Lipinski definition) is 0. The fourth-order valence-corrected chi connectivity index (χ4v) is 4.45. The van der Waals surface area contributed by atoms with Gasteiger partial charge in [-0.3, -0.25) is 4.21 Å². The molecule has 0 bridgehead atoms. The van der Waals surface area contributed by atoms with Crippen molar-refractivity contribution in [1.29, 1.82) is 0 Å². The molecule has 5 heteroatoms. The van der Waals surface area contributed by atoms with Gasteiger partial charge in [0.2, 0.25) is 0 Å². The normalized spacial score (nSPS) is 22.7. The first-order valence-electron chi connectivity index (χ1n) is 5.16. The summed E-state index contributed by atoms with van der Waals surface area (Å²) in [5, 5.41) is 0. The predicted octanol–water partition coefficient (Wildman–Crippen LogP) is 1.83. The first kappa shape index (κ1) is 12.9. The van der Waals surface area contributed by atoms with Crippen LogP contribution in [-0.2, 0) is 20.6 Å². The van der Waals surface area contributed by atoms with Crippen LogP contribution in [0.1, 0.15) is 32.1 Å². The van der Waals surface area contributed by atoms with Gasteiger partial charge in [0.15, 0.2) is 9.84 Å². The summed E-state index contributed by atoms with van der Waals surface area (Å²) in [6.45, 7) is 0. The molecule has 1 aliphatic carbocycles. The van der Waals surface area contributed by atoms with Crippen LogP contribution in [0.15, 0.2) is 10.3 Å². The quantitative estimate of drug-likeness (QED) is 0.768. The lowest BCUT2D eigenvalue weighted by Gasteiger charge is -2.18. The van der Waals surface area contributed by atoms with Crippen molar-refractivity contribution in [2.75, 3.05) is 12.5 Å². The van der Waals surface area contributed by atoms with E-state index in [2.05, 4.69) is 0 Å². The second-order valence-corrected chi connectivity index (χ2v) is 7.70. The van der Waals surface area contributed by atoms with Gasteiger partial charge in [-0.1, -0.05) is 25.3 Å². The van der Waals surface area contributed by atoms with Crippen molar-refractivity contribution in [3.05, 3.63) is 10.3 Å². The van der Waals surface area contributed by atoms with E-state index in [9.17, 15) is 12.6 Å². The van der Waals surface area contributed by atoms with Crippen LogP contribution in [0.2, 0.25) is 0 Å². The van der Waals surface area contributed by atoms with E-state index >= 15 is 0 Å². The standard InChI is InChI=1S/C10H18O3S2/c1-14(11)10(15(2,12)13)8-9-6-4-3-5-7-9/h8-9H,3-7H2,1-2H3/b10-8-. The number of rotatable bonds is 3. The van der Waals surface area contributed by atoms with Gasteiger partial charge in [-0.25, -0.2) is 8.42 Å². The SMILES string of the molecule is CS(=O)/C(=C/C1CCCCC1)S(C)(=O)=O. The third kappa shape index (κ3) is 4.07. The Labute approximate surface area is 94.3 Å². The van der Waals surface area contributed by atoms with E-state index in [1.165, 1.54) is 12.7 Å². The molecule has 0 aromatic rings. The third-order valence-corrected chi connectivity index (χ3v) is 5.85. The molecule has 0 spiro atoms. The van der Waals surface area contributed by atoms with Gasteiger partial charge in [-0.2, -0.15) is 0 Å². The molecule has 0 aromatic heterocycles. The van der Waals surface area contributed by atoms with Crippen molar-refractivity contribution >= 4 is 20.6 Å². The summed E-state index contributed by atoms with van der Waals surface area (Å²) in [4.78, 5) is 0. The van der Waals surface area contributed by atoms with Crippen molar-refractivity contribution in [2.45, 2.75) is 32.1 Å². The lowest BCUT2D eigenvalue weighted by molar-refractivity contribution is 0.419. The van der Waals surface area contributed by atoms with Gasteiger partial charge in [-0.05, 0) is 18.8 Å². The minimum atomic E-state index is -3.30. The van der Waals surface area contributed by atoms with Crippen LogP contribution in [0, 0.1) is 5.92 Å². The highest BCUT2D eigenvalue weighted by Gasteiger charge is 2.19. The van der Waals surface area contributed by atoms with E-state index < -0.39 is 20.6 Å². The number of sulfone groups is 1. The fraction of sp³-hybridized carbons (Fsp3) is 0.800. The lowest BCUT2D eigenvalue weighted by Crippen LogP contribution is -2.11. The van der Waals surface area contributed by atoms with Gasteiger partial charge in [-0.15, -0.1) is 0 Å². The van der Waals surface area contributed by atoms with Crippen LogP contribution in [-0.4, -0.2) is 25.1 Å². The zero-order chi connectivity index (χ0) is 11.5. The molecule has 0 amide bonds. The summed E-state index contributed by atoms with van der Waals surface area (Å²) in [5.41, 5.74) is 0.